The Morgan fingerprint density at radius 1 is 0.798 bits per heavy atom. The van der Waals surface area contributed by atoms with Gasteiger partial charge in [-0.25, -0.2) is 29.8 Å². The van der Waals surface area contributed by atoms with Crippen molar-refractivity contribution in [1.29, 1.82) is 0 Å². The van der Waals surface area contributed by atoms with Crippen LogP contribution >= 0.6 is 60.9 Å². The van der Waals surface area contributed by atoms with Crippen LogP contribution in [-0.4, -0.2) is 170 Å². The highest BCUT2D eigenvalue weighted by atomic mass is 127. The minimum atomic E-state index is -4.22. The summed E-state index contributed by atoms with van der Waals surface area (Å²) in [7, 11) is -4.20. The molecule has 0 bridgehead atoms. The Balaban J connectivity index is 0.000000219. The third-order valence-corrected chi connectivity index (χ3v) is 17.3. The Labute approximate surface area is 504 Å². The van der Waals surface area contributed by atoms with E-state index < -0.39 is 114 Å². The molecule has 36 heteroatoms. The number of nitrogens with zero attached hydrogens (tertiary/aromatic N) is 10. The second kappa shape index (κ2) is 26.6. The summed E-state index contributed by atoms with van der Waals surface area (Å²) in [6.45, 7) is 1.62. The minimum absolute atomic E-state index is 0.0299. The number of nitrogen functional groups attached to an aromatic ring is 2. The van der Waals surface area contributed by atoms with Crippen LogP contribution in [0.4, 0.5) is 17.6 Å². The summed E-state index contributed by atoms with van der Waals surface area (Å²) < 4.78 is 53.9. The van der Waals surface area contributed by atoms with Gasteiger partial charge in [0.1, 0.15) is 67.6 Å². The van der Waals surface area contributed by atoms with Gasteiger partial charge >= 0.3 is 33.7 Å². The van der Waals surface area contributed by atoms with Crippen LogP contribution in [0.25, 0.3) is 33.1 Å². The van der Waals surface area contributed by atoms with E-state index in [9.17, 15) is 49.4 Å². The highest BCUT2D eigenvalue weighted by Gasteiger charge is 2.56. The molecule has 12 N–H and O–H groups in total. The number of imidazole rings is 2. The summed E-state index contributed by atoms with van der Waals surface area (Å²) in [5.41, 5.74) is 9.82. The molecule has 4 aromatic heterocycles. The molecule has 2 aliphatic rings. The molecule has 0 saturated carbocycles. The van der Waals surface area contributed by atoms with Gasteiger partial charge in [0, 0.05) is 50.6 Å². The largest absolute Gasteiger partial charge is 0.588 e. The second-order valence-electron chi connectivity index (χ2n) is 18.9. The summed E-state index contributed by atoms with van der Waals surface area (Å²) in [4.78, 5) is 80.3. The van der Waals surface area contributed by atoms with Crippen LogP contribution in [0.5, 0.6) is 11.8 Å². The zero-order valence-corrected chi connectivity index (χ0v) is 51.0. The standard InChI is InChI=1S/C25H27IN7O8P.C23H29IN7O10P/c1-12(21(35)36)31-42(38)33(15-10-6-8-13-7-4-5-9-14(13)15)40-11-16-18(34)25(2,37)22(41-16)32-19-17(28-23(32)26)20(39-3)30-24(27)29-19;1-23(36)17(35)13(41-20(23)31-18-16(28-21(31)24)19(38-2)30-22(25)29-18)11-40-42(37,26-8-14(32)33)27-9-15(34)39-10-12-6-4-3-5-7-12/h4-10,12,16,18,22,34,37H,11H2,1-3H3,(H,35,36)(H2,27,29,30);3-7,13,17,20,35-36H,8-11H2,1-2H3,(H,32,33)(H2,25,29,30)(H2,26,27,37)/t12?,16-,18-,22?,25-;13-,17-,20-,23-,42?/m11/s1. The number of hydrogen-bond acceptors (Lipinski definition) is 25. The summed E-state index contributed by atoms with van der Waals surface area (Å²) in [5.74, 6) is -3.39. The number of carbonyl (C=O) groups is 3. The maximum absolute atomic E-state index is 13.4. The SMILES string of the molecule is COc1nc(N)nc2c1nc(I)n2C1O[C@H](CON(c2cccc3ccccc23)[P+]([O-])=NC(C)C(=O)O)[C@@H](O)[C@@]1(C)O.COc1nc(N)nc2c1nc(I)n2[C@@H]1O[C@H](COP(=O)(NCC(=O)O)NCC(=O)OCc2ccccc2)[C@@H](O)[C@@]1(C)O. The first kappa shape index (κ1) is 63.8. The normalized spacial score (nSPS) is 23.5. The number of halogens is 2. The summed E-state index contributed by atoms with van der Waals surface area (Å²) in [6.07, 6.45) is -7.96. The molecule has 4 unspecified atom stereocenters. The lowest BCUT2D eigenvalue weighted by Gasteiger charge is -2.28. The van der Waals surface area contributed by atoms with Gasteiger partial charge in [-0.05, 0) is 37.8 Å². The number of carboxylic acid groups (broad SMARTS) is 2. The molecule has 11 atom stereocenters. The molecule has 0 radical (unpaired) electrons. The summed E-state index contributed by atoms with van der Waals surface area (Å²) in [6, 6.07) is 20.1. The molecular weight excluding hydrogens is 1380 g/mol. The number of hydrogen-bond donors (Lipinski definition) is 10. The van der Waals surface area contributed by atoms with Crippen molar-refractivity contribution in [2.24, 2.45) is 4.74 Å². The molecule has 2 fully saturated rings. The number of anilines is 3. The van der Waals surface area contributed by atoms with Gasteiger partial charge in [-0.2, -0.15) is 19.9 Å². The predicted molar refractivity (Wildman–Crippen MR) is 311 cm³/mol. The fourth-order valence-corrected chi connectivity index (χ4v) is 12.5. The van der Waals surface area contributed by atoms with Crippen LogP contribution in [0.1, 0.15) is 38.8 Å². The van der Waals surface area contributed by atoms with E-state index >= 15 is 0 Å². The van der Waals surface area contributed by atoms with Crippen LogP contribution in [0.2, 0.25) is 0 Å². The van der Waals surface area contributed by atoms with Gasteiger partial charge < -0.3 is 75.2 Å². The van der Waals surface area contributed by atoms with E-state index in [2.05, 4.69) is 44.8 Å². The number of ether oxygens (including phenoxy) is 5. The van der Waals surface area contributed by atoms with Gasteiger partial charge in [-0.15, -0.1) is 0 Å². The Morgan fingerprint density at radius 2 is 1.31 bits per heavy atom. The number of methoxy groups -OCH3 is 2. The number of esters is 1. The Bertz CT molecular complexity index is 3640. The number of fused-ring (bicyclic) bond motifs is 3. The van der Waals surface area contributed by atoms with Crippen LogP contribution in [0.15, 0.2) is 77.5 Å². The lowest BCUT2D eigenvalue weighted by Crippen LogP contribution is -2.45. The van der Waals surface area contributed by atoms with Crippen molar-refractivity contribution in [3.63, 3.8) is 0 Å². The maximum Gasteiger partial charge on any atom is 0.341 e. The van der Waals surface area contributed by atoms with E-state index in [-0.39, 0.29) is 52.6 Å². The highest BCUT2D eigenvalue weighted by Crippen LogP contribution is 2.46. The second-order valence-corrected chi connectivity index (χ2v) is 24.0. The average Bonchev–Trinajstić information content (AvgIpc) is 4.01. The molecule has 32 nitrogen and oxygen atoms in total. The van der Waals surface area contributed by atoms with Crippen molar-refractivity contribution in [2.45, 2.75) is 81.5 Å². The van der Waals surface area contributed by atoms with Crippen LogP contribution < -0.4 is 40.8 Å². The Hall–Kier alpha value is -6.22. The Morgan fingerprint density at radius 3 is 1.85 bits per heavy atom. The minimum Gasteiger partial charge on any atom is -0.588 e. The van der Waals surface area contributed by atoms with Crippen molar-refractivity contribution >= 4 is 130 Å². The molecule has 2 saturated heterocycles. The highest BCUT2D eigenvalue weighted by molar-refractivity contribution is 14.1. The van der Waals surface area contributed by atoms with E-state index in [1.807, 2.05) is 63.4 Å². The molecule has 84 heavy (non-hydrogen) atoms. The number of aliphatic carboxylic acids is 2. The summed E-state index contributed by atoms with van der Waals surface area (Å²) in [5, 5.41) is 69.2. The number of benzene rings is 3. The number of aliphatic hydroxyl groups is 4. The molecule has 0 spiro atoms. The van der Waals surface area contributed by atoms with Crippen LogP contribution in [-0.2, 0) is 49.1 Å². The lowest BCUT2D eigenvalue weighted by molar-refractivity contribution is -0.164. The molecule has 0 amide bonds. The van der Waals surface area contributed by atoms with E-state index in [4.69, 9.17) is 49.6 Å². The number of carbonyl (C=O) groups excluding carboxylic acids is 1. The zero-order valence-electron chi connectivity index (χ0n) is 44.9. The fourth-order valence-electron chi connectivity index (χ4n) is 8.71. The number of nitrogens with one attached hydrogen (secondary N) is 2. The molecular formula is C48H56I2N14O18P2. The quantitative estimate of drug-likeness (QED) is 0.0153. The fraction of sp³-hybridized carbons (Fsp3) is 0.396. The van der Waals surface area contributed by atoms with Gasteiger partial charge in [0.2, 0.25) is 23.7 Å². The number of nitrogens with two attached hydrogens (primary N) is 2. The molecule has 0 aliphatic carbocycles. The predicted octanol–water partition coefficient (Wildman–Crippen LogP) is 2.11. The van der Waals surface area contributed by atoms with Gasteiger partial charge in [-0.3, -0.25) is 23.3 Å². The number of aromatic nitrogens is 8. The third kappa shape index (κ3) is 13.9. The molecule has 450 valence electrons. The average molecular weight is 1430 g/mol. The first-order valence-corrected chi connectivity index (χ1v) is 29.8. The van der Waals surface area contributed by atoms with Gasteiger partial charge in [-0.1, -0.05) is 76.3 Å². The first-order valence-electron chi connectivity index (χ1n) is 24.9. The zero-order chi connectivity index (χ0) is 61.0. The van der Waals surface area contributed by atoms with Crippen molar-refractivity contribution in [3.05, 3.63) is 86.0 Å². The molecule has 7 aromatic rings. The van der Waals surface area contributed by atoms with E-state index in [1.165, 1.54) is 44.1 Å². The topological polar surface area (TPSA) is 456 Å². The van der Waals surface area contributed by atoms with Crippen LogP contribution in [0, 0.1) is 7.66 Å². The first-order chi connectivity index (χ1) is 39.8. The van der Waals surface area contributed by atoms with Crippen molar-refractivity contribution < 1.29 is 87.5 Å². The number of rotatable bonds is 22. The van der Waals surface area contributed by atoms with Crippen LogP contribution in [0.3, 0.4) is 0 Å². The molecule has 3 aromatic carbocycles. The van der Waals surface area contributed by atoms with E-state index in [0.29, 0.717) is 18.7 Å². The van der Waals surface area contributed by atoms with Crippen molar-refractivity contribution in [3.8, 4) is 11.8 Å². The lowest BCUT2D eigenvalue weighted by atomic mass is 9.96. The van der Waals surface area contributed by atoms with E-state index in [1.54, 1.807) is 54.6 Å². The van der Waals surface area contributed by atoms with Crippen molar-refractivity contribution in [1.82, 2.24) is 49.2 Å². The molecule has 2 aliphatic heterocycles. The number of carboxylic acids is 2. The third-order valence-electron chi connectivity index (χ3n) is 13.0. The van der Waals surface area contributed by atoms with Gasteiger partial charge in [0.15, 0.2) is 48.5 Å². The van der Waals surface area contributed by atoms with E-state index in [0.717, 1.165) is 15.8 Å². The summed E-state index contributed by atoms with van der Waals surface area (Å²) >= 11 is 3.80. The molecule has 6 heterocycles. The monoisotopic (exact) mass is 1430 g/mol. The number of aliphatic hydroxyl groups excluding tert-OH is 2. The Kier molecular flexibility index (Phi) is 20.2. The maximum atomic E-state index is 13.4. The van der Waals surface area contributed by atoms with Gasteiger partial charge in [0.25, 0.3) is 0 Å². The smallest absolute Gasteiger partial charge is 0.341 e. The molecule has 9 rings (SSSR count). The van der Waals surface area contributed by atoms with Crippen molar-refractivity contribution in [2.75, 3.05) is 56.8 Å². The van der Waals surface area contributed by atoms with Gasteiger partial charge in [0.05, 0.1) is 20.8 Å².